The van der Waals surface area contributed by atoms with Crippen LogP contribution in [0.4, 0.5) is 0 Å². The van der Waals surface area contributed by atoms with E-state index in [0.29, 0.717) is 9.90 Å². The Hall–Kier alpha value is -2.68. The van der Waals surface area contributed by atoms with Crippen LogP contribution in [0.15, 0.2) is 70.9 Å². The second-order valence-corrected chi connectivity index (χ2v) is 10.4. The fourth-order valence-corrected chi connectivity index (χ4v) is 5.87. The first-order valence-electron chi connectivity index (χ1n) is 9.42. The van der Waals surface area contributed by atoms with Crippen LogP contribution in [-0.4, -0.2) is 26.8 Å². The summed E-state index contributed by atoms with van der Waals surface area (Å²) in [5, 5.41) is 6.18. The van der Waals surface area contributed by atoms with Gasteiger partial charge in [0.05, 0.1) is 4.90 Å². The summed E-state index contributed by atoms with van der Waals surface area (Å²) in [4.78, 5) is 25.2. The summed E-state index contributed by atoms with van der Waals surface area (Å²) in [5.74, 6) is -1.71. The highest BCUT2D eigenvalue weighted by Crippen LogP contribution is 2.31. The van der Waals surface area contributed by atoms with Crippen LogP contribution < -0.4 is 10.6 Å². The molecule has 31 heavy (non-hydrogen) atoms. The number of hydrogen-bond acceptors (Lipinski definition) is 5. The average Bonchev–Trinajstić information content (AvgIpc) is 3.27. The Balaban J connectivity index is 1.69. The molecule has 0 spiro atoms. The molecule has 0 aliphatic heterocycles. The summed E-state index contributed by atoms with van der Waals surface area (Å²) < 4.78 is 26.4. The van der Waals surface area contributed by atoms with Gasteiger partial charge in [-0.15, -0.1) is 11.3 Å². The summed E-state index contributed by atoms with van der Waals surface area (Å²) in [6.07, 6.45) is 0. The summed E-state index contributed by atoms with van der Waals surface area (Å²) in [5.41, 5.74) is 1.89. The predicted octanol–water partition coefficient (Wildman–Crippen LogP) is 3.66. The van der Waals surface area contributed by atoms with Crippen molar-refractivity contribution in [1.29, 1.82) is 0 Å². The van der Waals surface area contributed by atoms with Crippen LogP contribution >= 0.6 is 22.9 Å². The number of rotatable bonds is 7. The van der Waals surface area contributed by atoms with Crippen molar-refractivity contribution in [2.24, 2.45) is 0 Å². The number of aryl methyl sites for hydroxylation is 1. The maximum atomic E-state index is 13.2. The Morgan fingerprint density at radius 1 is 0.968 bits per heavy atom. The van der Waals surface area contributed by atoms with Gasteiger partial charge in [-0.2, -0.15) is 0 Å². The number of halogens is 1. The molecule has 0 saturated heterocycles. The molecule has 3 aromatic rings. The SMILES string of the molecule is Cc1ccccc1CNC(=O)C(=O)NC[C@H](c1cccs1)S(=O)(=O)c1ccc(Cl)cc1. The highest BCUT2D eigenvalue weighted by molar-refractivity contribution is 7.91. The van der Waals surface area contributed by atoms with Crippen LogP contribution in [0.25, 0.3) is 0 Å². The Labute approximate surface area is 190 Å². The van der Waals surface area contributed by atoms with Gasteiger partial charge in [0.1, 0.15) is 5.25 Å². The van der Waals surface area contributed by atoms with Crippen LogP contribution in [-0.2, 0) is 26.0 Å². The van der Waals surface area contributed by atoms with Gasteiger partial charge < -0.3 is 10.6 Å². The minimum Gasteiger partial charge on any atom is -0.346 e. The number of hydrogen-bond donors (Lipinski definition) is 2. The second kappa shape index (κ2) is 10.1. The van der Waals surface area contributed by atoms with Crippen molar-refractivity contribution in [3.05, 3.63) is 87.1 Å². The third-order valence-corrected chi connectivity index (χ3v) is 8.22. The zero-order valence-electron chi connectivity index (χ0n) is 16.7. The number of sulfone groups is 1. The largest absolute Gasteiger partial charge is 0.346 e. The van der Waals surface area contributed by atoms with Gasteiger partial charge in [0.15, 0.2) is 9.84 Å². The molecule has 1 aromatic heterocycles. The van der Waals surface area contributed by atoms with Gasteiger partial charge in [-0.05, 0) is 53.8 Å². The number of carbonyl (C=O) groups excluding carboxylic acids is 2. The van der Waals surface area contributed by atoms with Crippen molar-refractivity contribution in [3.8, 4) is 0 Å². The Morgan fingerprint density at radius 2 is 1.65 bits per heavy atom. The lowest BCUT2D eigenvalue weighted by atomic mass is 10.1. The summed E-state index contributed by atoms with van der Waals surface area (Å²) in [6, 6.07) is 16.8. The highest BCUT2D eigenvalue weighted by atomic mass is 35.5. The third-order valence-electron chi connectivity index (χ3n) is 4.73. The van der Waals surface area contributed by atoms with Gasteiger partial charge in [-0.25, -0.2) is 8.42 Å². The van der Waals surface area contributed by atoms with Crippen molar-refractivity contribution in [3.63, 3.8) is 0 Å². The third kappa shape index (κ3) is 5.72. The molecule has 0 saturated carbocycles. The van der Waals surface area contributed by atoms with Crippen LogP contribution in [0.3, 0.4) is 0 Å². The molecule has 0 aliphatic rings. The summed E-state index contributed by atoms with van der Waals surface area (Å²) in [7, 11) is -3.82. The van der Waals surface area contributed by atoms with Crippen LogP contribution in [0.5, 0.6) is 0 Å². The standard InChI is InChI=1S/C22H21ClN2O4S2/c1-15-5-2-3-6-16(15)13-24-21(26)22(27)25-14-20(19-7-4-12-30-19)31(28,29)18-10-8-17(23)9-11-18/h2-12,20H,13-14H2,1H3,(H,24,26)(H,25,27)/t20-/m1/s1. The molecule has 0 unspecified atom stereocenters. The first kappa shape index (κ1) is 23.0. The number of nitrogens with one attached hydrogen (secondary N) is 2. The number of carbonyl (C=O) groups is 2. The van der Waals surface area contributed by atoms with Gasteiger partial charge in [-0.3, -0.25) is 9.59 Å². The second-order valence-electron chi connectivity index (χ2n) is 6.82. The van der Waals surface area contributed by atoms with E-state index in [0.717, 1.165) is 11.1 Å². The van der Waals surface area contributed by atoms with Crippen molar-refractivity contribution in [1.82, 2.24) is 10.6 Å². The van der Waals surface area contributed by atoms with E-state index >= 15 is 0 Å². The lowest BCUT2D eigenvalue weighted by molar-refractivity contribution is -0.139. The van der Waals surface area contributed by atoms with E-state index in [1.807, 2.05) is 31.2 Å². The van der Waals surface area contributed by atoms with E-state index in [1.165, 1.54) is 35.6 Å². The molecular formula is C22H21ClN2O4S2. The maximum absolute atomic E-state index is 13.2. The zero-order valence-corrected chi connectivity index (χ0v) is 19.1. The molecule has 0 radical (unpaired) electrons. The molecule has 9 heteroatoms. The summed E-state index contributed by atoms with van der Waals surface area (Å²) in [6.45, 7) is 1.88. The van der Waals surface area contributed by atoms with E-state index < -0.39 is 26.9 Å². The van der Waals surface area contributed by atoms with E-state index in [2.05, 4.69) is 10.6 Å². The Bertz CT molecular complexity index is 1160. The molecule has 2 aromatic carbocycles. The average molecular weight is 477 g/mol. The van der Waals surface area contributed by atoms with Crippen molar-refractivity contribution < 1.29 is 18.0 Å². The monoisotopic (exact) mass is 476 g/mol. The normalized spacial score (nSPS) is 12.2. The minimum absolute atomic E-state index is 0.0913. The fraction of sp³-hybridized carbons (Fsp3) is 0.182. The minimum atomic E-state index is -3.82. The van der Waals surface area contributed by atoms with Gasteiger partial charge in [0, 0.05) is 23.0 Å². The van der Waals surface area contributed by atoms with E-state index in [-0.39, 0.29) is 18.0 Å². The molecule has 2 N–H and O–H groups in total. The molecule has 162 valence electrons. The Kier molecular flexibility index (Phi) is 7.48. The molecule has 2 amide bonds. The molecule has 3 rings (SSSR count). The van der Waals surface area contributed by atoms with Crippen molar-refractivity contribution >= 4 is 44.6 Å². The van der Waals surface area contributed by atoms with Crippen molar-refractivity contribution in [2.45, 2.75) is 23.6 Å². The Morgan fingerprint density at radius 3 is 2.29 bits per heavy atom. The lowest BCUT2D eigenvalue weighted by Gasteiger charge is -2.17. The molecule has 0 bridgehead atoms. The number of benzene rings is 2. The molecule has 1 atom stereocenters. The molecular weight excluding hydrogens is 456 g/mol. The number of amides is 2. The molecule has 0 fully saturated rings. The molecule has 0 aliphatic carbocycles. The van der Waals surface area contributed by atoms with E-state index in [1.54, 1.807) is 17.5 Å². The fourth-order valence-electron chi connectivity index (χ4n) is 2.96. The van der Waals surface area contributed by atoms with Crippen LogP contribution in [0.2, 0.25) is 5.02 Å². The molecule has 1 heterocycles. The van der Waals surface area contributed by atoms with Crippen LogP contribution in [0.1, 0.15) is 21.3 Å². The van der Waals surface area contributed by atoms with Gasteiger partial charge in [0.2, 0.25) is 0 Å². The number of thiophene rings is 1. The van der Waals surface area contributed by atoms with Gasteiger partial charge >= 0.3 is 11.8 Å². The van der Waals surface area contributed by atoms with Crippen LogP contribution in [0, 0.1) is 6.92 Å². The van der Waals surface area contributed by atoms with E-state index in [9.17, 15) is 18.0 Å². The zero-order chi connectivity index (χ0) is 22.4. The topological polar surface area (TPSA) is 92.3 Å². The van der Waals surface area contributed by atoms with Gasteiger partial charge in [-0.1, -0.05) is 41.9 Å². The van der Waals surface area contributed by atoms with Crippen molar-refractivity contribution in [2.75, 3.05) is 6.54 Å². The highest BCUT2D eigenvalue weighted by Gasteiger charge is 2.31. The summed E-state index contributed by atoms with van der Waals surface area (Å²) >= 11 is 7.14. The lowest BCUT2D eigenvalue weighted by Crippen LogP contribution is -2.42. The van der Waals surface area contributed by atoms with E-state index in [4.69, 9.17) is 11.6 Å². The van der Waals surface area contributed by atoms with Gasteiger partial charge in [0.25, 0.3) is 0 Å². The predicted molar refractivity (Wildman–Crippen MR) is 122 cm³/mol. The molecule has 6 nitrogen and oxygen atoms in total. The quantitative estimate of drug-likeness (QED) is 0.509. The first-order valence-corrected chi connectivity index (χ1v) is 12.2. The maximum Gasteiger partial charge on any atom is 0.309 e. The smallest absolute Gasteiger partial charge is 0.309 e. The first-order chi connectivity index (χ1) is 14.8.